The summed E-state index contributed by atoms with van der Waals surface area (Å²) in [7, 11) is 1.67. The van der Waals surface area contributed by atoms with Gasteiger partial charge in [0, 0.05) is 13.0 Å². The summed E-state index contributed by atoms with van der Waals surface area (Å²) in [6.07, 6.45) is 29.5. The van der Waals surface area contributed by atoms with Gasteiger partial charge in [0.05, 0.1) is 34.4 Å². The first-order chi connectivity index (χ1) is 21.6. The molecule has 0 aliphatic carbocycles. The molecule has 0 rings (SSSR count). The predicted molar refractivity (Wildman–Crippen MR) is 187 cm³/mol. The van der Waals surface area contributed by atoms with Gasteiger partial charge in [-0.05, 0) is 38.5 Å². The highest BCUT2D eigenvalue weighted by atomic mass is 31.2. The normalized spacial score (nSPS) is 14.2. The van der Waals surface area contributed by atoms with E-state index in [-0.39, 0.29) is 25.8 Å². The first-order valence-electron chi connectivity index (χ1n) is 18.4. The van der Waals surface area contributed by atoms with Gasteiger partial charge in [-0.15, -0.1) is 0 Å². The highest BCUT2D eigenvalue weighted by molar-refractivity contribution is 7.47. The van der Waals surface area contributed by atoms with E-state index in [1.165, 1.54) is 96.3 Å². The number of hydrogen-bond acceptors (Lipinski definition) is 6. The Morgan fingerprint density at radius 3 is 1.69 bits per heavy atom. The van der Waals surface area contributed by atoms with Crippen molar-refractivity contribution in [2.75, 3.05) is 54.1 Å². The number of nitrogens with zero attached hydrogens (tertiary/aromatic N) is 1. The van der Waals surface area contributed by atoms with Crippen LogP contribution in [0.5, 0.6) is 0 Å². The topological polar surface area (TPSA) is 91.3 Å². The number of allylic oxidation sites excluding steroid dienone is 2. The molecule has 2 atom stereocenters. The first kappa shape index (κ1) is 44.2. The van der Waals surface area contributed by atoms with Crippen molar-refractivity contribution in [3.05, 3.63) is 12.2 Å². The van der Waals surface area contributed by atoms with Gasteiger partial charge in [0.1, 0.15) is 19.3 Å². The SMILES string of the molecule is CCCCCCCC/C=C\CCCCCCCC(=O)OC(COCCCCCCCCCC)COP(=O)(O)OCC[N+](C)(C)C. The van der Waals surface area contributed by atoms with Crippen LogP contribution in [0.4, 0.5) is 0 Å². The highest BCUT2D eigenvalue weighted by Gasteiger charge is 2.26. The Labute approximate surface area is 278 Å². The van der Waals surface area contributed by atoms with Crippen LogP contribution >= 0.6 is 7.82 Å². The second-order valence-corrected chi connectivity index (χ2v) is 15.1. The zero-order valence-electron chi connectivity index (χ0n) is 30.1. The summed E-state index contributed by atoms with van der Waals surface area (Å²) >= 11 is 0. The van der Waals surface area contributed by atoms with Gasteiger partial charge in [-0.1, -0.05) is 122 Å². The number of carbonyl (C=O) groups is 1. The van der Waals surface area contributed by atoms with Crippen molar-refractivity contribution in [2.24, 2.45) is 0 Å². The summed E-state index contributed by atoms with van der Waals surface area (Å²) < 4.78 is 34.7. The molecule has 0 aliphatic rings. The number of likely N-dealkylation sites (N-methyl/N-ethyl adjacent to an activating group) is 1. The van der Waals surface area contributed by atoms with Gasteiger partial charge in [-0.3, -0.25) is 13.8 Å². The molecule has 0 saturated heterocycles. The number of phosphoric acid groups is 1. The van der Waals surface area contributed by atoms with Crippen LogP contribution in [0.15, 0.2) is 12.2 Å². The number of quaternary nitrogens is 1. The van der Waals surface area contributed by atoms with E-state index in [9.17, 15) is 14.3 Å². The van der Waals surface area contributed by atoms with Gasteiger partial charge in [0.2, 0.25) is 0 Å². The van der Waals surface area contributed by atoms with Gasteiger partial charge in [0.25, 0.3) is 0 Å². The Kier molecular flexibility index (Phi) is 30.0. The van der Waals surface area contributed by atoms with Crippen LogP contribution in [-0.4, -0.2) is 75.6 Å². The lowest BCUT2D eigenvalue weighted by molar-refractivity contribution is -0.870. The predicted octanol–water partition coefficient (Wildman–Crippen LogP) is 9.93. The summed E-state index contributed by atoms with van der Waals surface area (Å²) in [5.41, 5.74) is 0. The molecular weight excluding hydrogens is 589 g/mol. The number of rotatable bonds is 34. The van der Waals surface area contributed by atoms with Crippen LogP contribution in [0.1, 0.15) is 155 Å². The second kappa shape index (κ2) is 30.6. The van der Waals surface area contributed by atoms with Crippen LogP contribution in [0.25, 0.3) is 0 Å². The number of unbranched alkanes of at least 4 members (excludes halogenated alkanes) is 18. The maximum Gasteiger partial charge on any atom is 0.472 e. The molecule has 0 aromatic rings. The number of ether oxygens (including phenoxy) is 2. The Hall–Kier alpha value is -0.760. The van der Waals surface area contributed by atoms with Crippen molar-refractivity contribution in [2.45, 2.75) is 161 Å². The average molecular weight is 663 g/mol. The summed E-state index contributed by atoms with van der Waals surface area (Å²) in [5, 5.41) is 0. The lowest BCUT2D eigenvalue weighted by Crippen LogP contribution is -2.37. The minimum atomic E-state index is -4.26. The lowest BCUT2D eigenvalue weighted by Gasteiger charge is -2.24. The summed E-state index contributed by atoms with van der Waals surface area (Å²) in [4.78, 5) is 22.7. The fourth-order valence-corrected chi connectivity index (χ4v) is 5.64. The molecule has 0 fully saturated rings. The Bertz CT molecular complexity index is 741. The molecule has 8 nitrogen and oxygen atoms in total. The van der Waals surface area contributed by atoms with E-state index in [2.05, 4.69) is 26.0 Å². The van der Waals surface area contributed by atoms with E-state index in [1.807, 2.05) is 21.1 Å². The summed E-state index contributed by atoms with van der Waals surface area (Å²) in [6.45, 7) is 5.59. The van der Waals surface area contributed by atoms with Crippen LogP contribution in [0.2, 0.25) is 0 Å². The zero-order chi connectivity index (χ0) is 33.5. The van der Waals surface area contributed by atoms with Crippen molar-refractivity contribution in [3.63, 3.8) is 0 Å². The first-order valence-corrected chi connectivity index (χ1v) is 19.9. The molecule has 0 heterocycles. The monoisotopic (exact) mass is 663 g/mol. The molecule has 0 radical (unpaired) electrons. The van der Waals surface area contributed by atoms with E-state index in [0.29, 0.717) is 24.1 Å². The number of hydrogen-bond donors (Lipinski definition) is 1. The third kappa shape index (κ3) is 34.4. The number of carbonyl (C=O) groups excluding carboxylic acids is 1. The number of esters is 1. The maximum atomic E-state index is 12.6. The maximum absolute atomic E-state index is 12.6. The van der Waals surface area contributed by atoms with Gasteiger partial charge < -0.3 is 18.9 Å². The van der Waals surface area contributed by atoms with Gasteiger partial charge in [0.15, 0.2) is 0 Å². The molecule has 0 amide bonds. The lowest BCUT2D eigenvalue weighted by atomic mass is 10.1. The van der Waals surface area contributed by atoms with Crippen LogP contribution in [0, 0.1) is 0 Å². The zero-order valence-corrected chi connectivity index (χ0v) is 31.0. The summed E-state index contributed by atoms with van der Waals surface area (Å²) in [6, 6.07) is 0. The summed E-state index contributed by atoms with van der Waals surface area (Å²) in [5.74, 6) is -0.323. The molecule has 0 aromatic carbocycles. The van der Waals surface area contributed by atoms with Gasteiger partial charge in [-0.2, -0.15) is 0 Å². The van der Waals surface area contributed by atoms with E-state index in [4.69, 9.17) is 18.5 Å². The van der Waals surface area contributed by atoms with E-state index < -0.39 is 13.9 Å². The molecular formula is C36H73NO7P+. The van der Waals surface area contributed by atoms with Crippen LogP contribution in [-0.2, 0) is 27.9 Å². The Morgan fingerprint density at radius 2 is 1.16 bits per heavy atom. The largest absolute Gasteiger partial charge is 0.472 e. The fraction of sp³-hybridized carbons (Fsp3) is 0.917. The van der Waals surface area contributed by atoms with Gasteiger partial charge in [-0.25, -0.2) is 4.57 Å². The molecule has 0 aliphatic heterocycles. The van der Waals surface area contributed by atoms with Crippen molar-refractivity contribution in [1.82, 2.24) is 0 Å². The van der Waals surface area contributed by atoms with E-state index in [0.717, 1.165) is 38.5 Å². The van der Waals surface area contributed by atoms with Crippen molar-refractivity contribution < 1.29 is 37.3 Å². The molecule has 0 aromatic heterocycles. The Morgan fingerprint density at radius 1 is 0.667 bits per heavy atom. The third-order valence-corrected chi connectivity index (χ3v) is 8.81. The van der Waals surface area contributed by atoms with Crippen molar-refractivity contribution in [1.29, 1.82) is 0 Å². The minimum absolute atomic E-state index is 0.0894. The fourth-order valence-electron chi connectivity index (χ4n) is 4.90. The molecule has 0 spiro atoms. The van der Waals surface area contributed by atoms with Crippen LogP contribution in [0.3, 0.4) is 0 Å². The van der Waals surface area contributed by atoms with Crippen molar-refractivity contribution in [3.8, 4) is 0 Å². The van der Waals surface area contributed by atoms with Gasteiger partial charge >= 0.3 is 13.8 Å². The molecule has 0 saturated carbocycles. The molecule has 0 bridgehead atoms. The average Bonchev–Trinajstić information content (AvgIpc) is 2.98. The van der Waals surface area contributed by atoms with Crippen molar-refractivity contribution >= 4 is 13.8 Å². The number of phosphoric ester groups is 1. The highest BCUT2D eigenvalue weighted by Crippen LogP contribution is 2.43. The van der Waals surface area contributed by atoms with E-state index >= 15 is 0 Å². The standard InChI is InChI=1S/C36H72NO7P/c1-6-8-10-12-14-16-17-18-19-20-21-22-23-25-27-29-36(38)44-35(33-41-31-28-26-24-15-13-11-9-7-2)34-43-45(39,40)42-32-30-37(3,4)5/h18-19,35H,6-17,20-34H2,1-5H3/p+1/b19-18-. The van der Waals surface area contributed by atoms with E-state index in [1.54, 1.807) is 0 Å². The minimum Gasteiger partial charge on any atom is -0.457 e. The molecule has 1 N–H and O–H groups in total. The second-order valence-electron chi connectivity index (χ2n) is 13.6. The quantitative estimate of drug-likeness (QED) is 0.0241. The molecule has 2 unspecified atom stereocenters. The molecule has 268 valence electrons. The van der Waals surface area contributed by atoms with Crippen LogP contribution < -0.4 is 0 Å². The third-order valence-electron chi connectivity index (χ3n) is 7.83. The Balaban J connectivity index is 4.28. The molecule has 9 heteroatoms. The smallest absolute Gasteiger partial charge is 0.457 e. The molecule has 45 heavy (non-hydrogen) atoms.